The zero-order chi connectivity index (χ0) is 25.7. The molecular formula is C26H34N4O5. The minimum absolute atomic E-state index is 0.0417. The van der Waals surface area contributed by atoms with Gasteiger partial charge in [0.2, 0.25) is 5.88 Å². The first-order chi connectivity index (χ1) is 16.8. The number of fused-ring (bicyclic) bond motifs is 1. The minimum atomic E-state index is -0.791. The Morgan fingerprint density at radius 3 is 2.29 bits per heavy atom. The molecule has 1 aromatic heterocycles. The summed E-state index contributed by atoms with van der Waals surface area (Å²) < 4.78 is 24.0. The standard InChI is InChI=1S/C26H34N4O5/c1-7-29(8-2)10-9-11-30-16(3)12-22-24(26(30)31)23(18(15-27)25(28)35-22)17-13-20(33-5)21(34-6)14-19(17)32-4/h12-14,23H,7-11,28H2,1-6H3. The van der Waals surface area contributed by atoms with E-state index in [1.165, 1.54) is 21.3 Å². The van der Waals surface area contributed by atoms with Gasteiger partial charge < -0.3 is 34.1 Å². The van der Waals surface area contributed by atoms with E-state index in [0.29, 0.717) is 40.7 Å². The van der Waals surface area contributed by atoms with E-state index in [2.05, 4.69) is 24.8 Å². The van der Waals surface area contributed by atoms with Crippen molar-refractivity contribution in [2.24, 2.45) is 5.73 Å². The summed E-state index contributed by atoms with van der Waals surface area (Å²) in [4.78, 5) is 16.2. The van der Waals surface area contributed by atoms with E-state index < -0.39 is 5.92 Å². The fourth-order valence-electron chi connectivity index (χ4n) is 4.55. The number of aromatic nitrogens is 1. The van der Waals surface area contributed by atoms with Gasteiger partial charge in [-0.2, -0.15) is 5.26 Å². The fraction of sp³-hybridized carbons (Fsp3) is 0.462. The molecule has 0 fully saturated rings. The number of hydrogen-bond donors (Lipinski definition) is 1. The lowest BCUT2D eigenvalue weighted by Crippen LogP contribution is -2.34. The van der Waals surface area contributed by atoms with E-state index in [-0.39, 0.29) is 17.0 Å². The lowest BCUT2D eigenvalue weighted by molar-refractivity contribution is 0.292. The fourth-order valence-corrected chi connectivity index (χ4v) is 4.55. The van der Waals surface area contributed by atoms with Crippen molar-refractivity contribution in [3.8, 4) is 29.1 Å². The van der Waals surface area contributed by atoms with Crippen LogP contribution in [0.5, 0.6) is 23.0 Å². The maximum atomic E-state index is 13.9. The Hall–Kier alpha value is -3.64. The molecule has 9 heteroatoms. The van der Waals surface area contributed by atoms with E-state index in [9.17, 15) is 10.1 Å². The smallest absolute Gasteiger partial charge is 0.258 e. The molecule has 0 spiro atoms. The highest BCUT2D eigenvalue weighted by Gasteiger charge is 2.36. The van der Waals surface area contributed by atoms with Crippen LogP contribution in [0.1, 0.15) is 43.0 Å². The third kappa shape index (κ3) is 4.93. The number of ether oxygens (including phenoxy) is 4. The van der Waals surface area contributed by atoms with Crippen molar-refractivity contribution >= 4 is 0 Å². The van der Waals surface area contributed by atoms with Gasteiger partial charge in [0.1, 0.15) is 23.1 Å². The molecule has 35 heavy (non-hydrogen) atoms. The second-order valence-corrected chi connectivity index (χ2v) is 8.27. The highest BCUT2D eigenvalue weighted by Crippen LogP contribution is 2.46. The SMILES string of the molecule is CCN(CC)CCCn1c(C)cc2c(c1=O)C(c1cc(OC)c(OC)cc1OC)C(C#N)=C(N)O2. The van der Waals surface area contributed by atoms with Crippen LogP contribution in [0.15, 0.2) is 34.4 Å². The molecule has 0 amide bonds. The minimum Gasteiger partial charge on any atom is -0.496 e. The zero-order valence-corrected chi connectivity index (χ0v) is 21.3. The van der Waals surface area contributed by atoms with Gasteiger partial charge in [-0.25, -0.2) is 0 Å². The van der Waals surface area contributed by atoms with Crippen molar-refractivity contribution in [3.05, 3.63) is 56.8 Å². The zero-order valence-electron chi connectivity index (χ0n) is 21.3. The van der Waals surface area contributed by atoms with Crippen molar-refractivity contribution < 1.29 is 18.9 Å². The number of hydrogen-bond acceptors (Lipinski definition) is 8. The molecule has 0 saturated carbocycles. The number of nitrogens with zero attached hydrogens (tertiary/aromatic N) is 3. The molecule has 0 saturated heterocycles. The van der Waals surface area contributed by atoms with Crippen LogP contribution in [0.3, 0.4) is 0 Å². The van der Waals surface area contributed by atoms with Gasteiger partial charge in [-0.3, -0.25) is 4.79 Å². The van der Waals surface area contributed by atoms with Gasteiger partial charge in [0.15, 0.2) is 11.5 Å². The molecular weight excluding hydrogens is 448 g/mol. The lowest BCUT2D eigenvalue weighted by Gasteiger charge is -2.29. The van der Waals surface area contributed by atoms with Crippen molar-refractivity contribution in [2.45, 2.75) is 39.7 Å². The summed E-state index contributed by atoms with van der Waals surface area (Å²) in [6.07, 6.45) is 0.815. The largest absolute Gasteiger partial charge is 0.496 e. The first-order valence-corrected chi connectivity index (χ1v) is 11.7. The monoisotopic (exact) mass is 482 g/mol. The Morgan fingerprint density at radius 2 is 1.71 bits per heavy atom. The molecule has 188 valence electrons. The molecule has 1 aromatic carbocycles. The number of nitriles is 1. The summed E-state index contributed by atoms with van der Waals surface area (Å²) in [6, 6.07) is 7.33. The Labute approximate surface area is 206 Å². The summed E-state index contributed by atoms with van der Waals surface area (Å²) in [5, 5.41) is 10.0. The molecule has 1 unspecified atom stereocenters. The van der Waals surface area contributed by atoms with E-state index in [1.54, 1.807) is 22.8 Å². The molecule has 3 rings (SSSR count). The van der Waals surface area contributed by atoms with Gasteiger partial charge >= 0.3 is 0 Å². The molecule has 0 aliphatic carbocycles. The molecule has 2 heterocycles. The molecule has 2 aromatic rings. The number of nitrogens with two attached hydrogens (primary N) is 1. The highest BCUT2D eigenvalue weighted by molar-refractivity contribution is 5.61. The van der Waals surface area contributed by atoms with Gasteiger partial charge in [-0.05, 0) is 39.0 Å². The van der Waals surface area contributed by atoms with Crippen molar-refractivity contribution in [1.82, 2.24) is 9.47 Å². The van der Waals surface area contributed by atoms with Crippen molar-refractivity contribution in [2.75, 3.05) is 41.0 Å². The third-order valence-electron chi connectivity index (χ3n) is 6.49. The Morgan fingerprint density at radius 1 is 1.09 bits per heavy atom. The van der Waals surface area contributed by atoms with Crippen molar-refractivity contribution in [1.29, 1.82) is 5.26 Å². The van der Waals surface area contributed by atoms with Crippen LogP contribution in [-0.2, 0) is 6.54 Å². The van der Waals surface area contributed by atoms with E-state index >= 15 is 0 Å². The predicted molar refractivity (Wildman–Crippen MR) is 133 cm³/mol. The Balaban J connectivity index is 2.20. The van der Waals surface area contributed by atoms with E-state index in [0.717, 1.165) is 31.7 Å². The normalized spacial score (nSPS) is 14.9. The summed E-state index contributed by atoms with van der Waals surface area (Å²) in [5.74, 6) is 0.855. The summed E-state index contributed by atoms with van der Waals surface area (Å²) in [5.41, 5.74) is 7.74. The molecule has 1 aliphatic rings. The molecule has 1 atom stereocenters. The van der Waals surface area contributed by atoms with Crippen LogP contribution >= 0.6 is 0 Å². The van der Waals surface area contributed by atoms with Crippen LogP contribution in [0.4, 0.5) is 0 Å². The Kier molecular flexibility index (Phi) is 8.30. The van der Waals surface area contributed by atoms with Gasteiger partial charge in [-0.1, -0.05) is 13.8 Å². The number of aryl methyl sites for hydroxylation is 1. The average Bonchev–Trinajstić information content (AvgIpc) is 2.86. The average molecular weight is 483 g/mol. The topological polar surface area (TPSA) is 112 Å². The predicted octanol–water partition coefficient (Wildman–Crippen LogP) is 3.13. The first kappa shape index (κ1) is 26.0. The second kappa shape index (κ2) is 11.2. The van der Waals surface area contributed by atoms with Gasteiger partial charge in [0.05, 0.1) is 32.8 Å². The number of pyridine rings is 1. The second-order valence-electron chi connectivity index (χ2n) is 8.27. The van der Waals surface area contributed by atoms with Crippen LogP contribution < -0.4 is 30.2 Å². The summed E-state index contributed by atoms with van der Waals surface area (Å²) in [6.45, 7) is 9.46. The van der Waals surface area contributed by atoms with Gasteiger partial charge in [0, 0.05) is 29.9 Å². The lowest BCUT2D eigenvalue weighted by atomic mass is 9.83. The van der Waals surface area contributed by atoms with Crippen LogP contribution in [0, 0.1) is 18.3 Å². The quantitative estimate of drug-likeness (QED) is 0.550. The molecule has 2 N–H and O–H groups in total. The highest BCUT2D eigenvalue weighted by atomic mass is 16.5. The summed E-state index contributed by atoms with van der Waals surface area (Å²) >= 11 is 0. The van der Waals surface area contributed by atoms with Crippen molar-refractivity contribution in [3.63, 3.8) is 0 Å². The van der Waals surface area contributed by atoms with Crippen LogP contribution in [-0.4, -0.2) is 50.4 Å². The van der Waals surface area contributed by atoms with E-state index in [4.69, 9.17) is 24.7 Å². The van der Waals surface area contributed by atoms with E-state index in [1.807, 2.05) is 6.92 Å². The van der Waals surface area contributed by atoms with Gasteiger partial charge in [0.25, 0.3) is 5.56 Å². The molecule has 9 nitrogen and oxygen atoms in total. The number of rotatable bonds is 10. The molecule has 0 radical (unpaired) electrons. The maximum Gasteiger partial charge on any atom is 0.258 e. The van der Waals surface area contributed by atoms with Crippen LogP contribution in [0.25, 0.3) is 0 Å². The number of allylic oxidation sites excluding steroid dienone is 1. The van der Waals surface area contributed by atoms with Crippen LogP contribution in [0.2, 0.25) is 0 Å². The maximum absolute atomic E-state index is 13.9. The molecule has 1 aliphatic heterocycles. The Bertz CT molecular complexity index is 1210. The first-order valence-electron chi connectivity index (χ1n) is 11.7. The molecule has 0 bridgehead atoms. The van der Waals surface area contributed by atoms with Gasteiger partial charge in [-0.15, -0.1) is 0 Å². The number of methoxy groups -OCH3 is 3. The third-order valence-corrected chi connectivity index (χ3v) is 6.49. The summed E-state index contributed by atoms with van der Waals surface area (Å²) in [7, 11) is 4.57. The number of benzene rings is 1.